The van der Waals surface area contributed by atoms with Gasteiger partial charge in [0.05, 0.1) is 6.54 Å². The lowest BCUT2D eigenvalue weighted by atomic mass is 10.2. The monoisotopic (exact) mass is 168 g/mol. The van der Waals surface area contributed by atoms with Crippen LogP contribution in [0.2, 0.25) is 0 Å². The van der Waals surface area contributed by atoms with Crippen LogP contribution >= 0.6 is 0 Å². The molecule has 0 heterocycles. The highest BCUT2D eigenvalue weighted by Crippen LogP contribution is 1.98. The summed E-state index contributed by atoms with van der Waals surface area (Å²) in [5.41, 5.74) is 0. The van der Waals surface area contributed by atoms with Gasteiger partial charge in [-0.25, -0.2) is 0 Å². The molecule has 0 bridgehead atoms. The third kappa shape index (κ3) is 5.17. The number of nitrogens with zero attached hydrogens (tertiary/aromatic N) is 1. The largest absolute Gasteiger partial charge is 0.317 e. The predicted octanol–water partition coefficient (Wildman–Crippen LogP) is 0.940. The van der Waals surface area contributed by atoms with Gasteiger partial charge in [-0.1, -0.05) is 12.8 Å². The Hall–Kier alpha value is -0.520. The second-order valence-corrected chi connectivity index (χ2v) is 3.11. The molecule has 2 nitrogen and oxygen atoms in total. The summed E-state index contributed by atoms with van der Waals surface area (Å²) in [6, 6.07) is 0.570. The molecule has 0 saturated carbocycles. The van der Waals surface area contributed by atoms with Crippen LogP contribution in [-0.2, 0) is 0 Å². The molecule has 1 atom stereocenters. The molecular formula is C10H20N2. The summed E-state index contributed by atoms with van der Waals surface area (Å²) in [4.78, 5) is 2.19. The zero-order valence-corrected chi connectivity index (χ0v) is 8.43. The normalized spacial score (nSPS) is 12.9. The van der Waals surface area contributed by atoms with E-state index in [0.29, 0.717) is 6.04 Å². The number of rotatable bonds is 6. The van der Waals surface area contributed by atoms with Gasteiger partial charge in [0, 0.05) is 6.04 Å². The molecule has 0 aliphatic rings. The van der Waals surface area contributed by atoms with E-state index in [9.17, 15) is 0 Å². The van der Waals surface area contributed by atoms with Crippen LogP contribution in [0.5, 0.6) is 0 Å². The van der Waals surface area contributed by atoms with Crippen LogP contribution < -0.4 is 5.32 Å². The first-order valence-corrected chi connectivity index (χ1v) is 4.56. The summed E-state index contributed by atoms with van der Waals surface area (Å²) in [5.74, 6) is 2.64. The summed E-state index contributed by atoms with van der Waals surface area (Å²) in [6.45, 7) is 7.19. The van der Waals surface area contributed by atoms with Gasteiger partial charge in [-0.15, -0.1) is 6.42 Å². The van der Waals surface area contributed by atoms with E-state index < -0.39 is 0 Å². The molecule has 0 spiro atoms. The third-order valence-electron chi connectivity index (χ3n) is 2.08. The van der Waals surface area contributed by atoms with E-state index in [1.807, 2.05) is 0 Å². The van der Waals surface area contributed by atoms with E-state index >= 15 is 0 Å². The molecule has 0 radical (unpaired) electrons. The van der Waals surface area contributed by atoms with Crippen LogP contribution in [0.4, 0.5) is 0 Å². The van der Waals surface area contributed by atoms with Crippen LogP contribution in [0, 0.1) is 12.3 Å². The van der Waals surface area contributed by atoms with Gasteiger partial charge in [-0.05, 0) is 33.5 Å². The van der Waals surface area contributed by atoms with E-state index in [1.165, 1.54) is 0 Å². The van der Waals surface area contributed by atoms with E-state index in [2.05, 4.69) is 37.0 Å². The molecule has 70 valence electrons. The van der Waals surface area contributed by atoms with Crippen molar-refractivity contribution in [3.63, 3.8) is 0 Å². The SMILES string of the molecule is C#CCN(C)C(C)CCNCC. The van der Waals surface area contributed by atoms with Crippen LogP contribution in [0.15, 0.2) is 0 Å². The molecule has 0 aromatic carbocycles. The van der Waals surface area contributed by atoms with Crippen molar-refractivity contribution in [2.45, 2.75) is 26.3 Å². The lowest BCUT2D eigenvalue weighted by Gasteiger charge is -2.22. The highest BCUT2D eigenvalue weighted by Gasteiger charge is 2.05. The molecule has 0 aliphatic heterocycles. The minimum Gasteiger partial charge on any atom is -0.317 e. The molecular weight excluding hydrogens is 148 g/mol. The minimum absolute atomic E-state index is 0.570. The second kappa shape index (κ2) is 7.15. The first-order chi connectivity index (χ1) is 5.72. The molecule has 2 heteroatoms. The second-order valence-electron chi connectivity index (χ2n) is 3.11. The Morgan fingerprint density at radius 1 is 1.58 bits per heavy atom. The van der Waals surface area contributed by atoms with Crippen LogP contribution in [0.25, 0.3) is 0 Å². The fraction of sp³-hybridized carbons (Fsp3) is 0.800. The van der Waals surface area contributed by atoms with Gasteiger partial charge in [0.2, 0.25) is 0 Å². The van der Waals surface area contributed by atoms with Crippen molar-refractivity contribution in [1.82, 2.24) is 10.2 Å². The maximum Gasteiger partial charge on any atom is 0.0598 e. The van der Waals surface area contributed by atoms with Crippen molar-refractivity contribution in [3.05, 3.63) is 0 Å². The van der Waals surface area contributed by atoms with E-state index in [1.54, 1.807) is 0 Å². The van der Waals surface area contributed by atoms with Gasteiger partial charge in [0.1, 0.15) is 0 Å². The van der Waals surface area contributed by atoms with Gasteiger partial charge < -0.3 is 5.32 Å². The van der Waals surface area contributed by atoms with Gasteiger partial charge in [0.25, 0.3) is 0 Å². The maximum atomic E-state index is 5.21. The number of nitrogens with one attached hydrogen (secondary N) is 1. The summed E-state index contributed by atoms with van der Waals surface area (Å²) in [7, 11) is 2.07. The molecule has 0 aromatic rings. The zero-order chi connectivity index (χ0) is 9.40. The van der Waals surface area contributed by atoms with Gasteiger partial charge in [-0.2, -0.15) is 0 Å². The summed E-state index contributed by atoms with van der Waals surface area (Å²) < 4.78 is 0. The highest BCUT2D eigenvalue weighted by atomic mass is 15.1. The van der Waals surface area contributed by atoms with Gasteiger partial charge in [0.15, 0.2) is 0 Å². The first-order valence-electron chi connectivity index (χ1n) is 4.56. The molecule has 0 aromatic heterocycles. The zero-order valence-electron chi connectivity index (χ0n) is 8.43. The van der Waals surface area contributed by atoms with Crippen molar-refractivity contribution in [2.24, 2.45) is 0 Å². The quantitative estimate of drug-likeness (QED) is 0.469. The molecule has 0 rings (SSSR count). The highest BCUT2D eigenvalue weighted by molar-refractivity contribution is 4.88. The molecule has 0 amide bonds. The van der Waals surface area contributed by atoms with E-state index in [-0.39, 0.29) is 0 Å². The molecule has 0 fully saturated rings. The minimum atomic E-state index is 0.570. The van der Waals surface area contributed by atoms with Crippen LogP contribution in [0.1, 0.15) is 20.3 Å². The number of hydrogen-bond acceptors (Lipinski definition) is 2. The molecule has 0 saturated heterocycles. The van der Waals surface area contributed by atoms with Crippen LogP contribution in [-0.4, -0.2) is 37.6 Å². The molecule has 0 aliphatic carbocycles. The maximum absolute atomic E-state index is 5.21. The fourth-order valence-electron chi connectivity index (χ4n) is 1.01. The third-order valence-corrected chi connectivity index (χ3v) is 2.08. The molecule has 1 N–H and O–H groups in total. The Labute approximate surface area is 76.3 Å². The standard InChI is InChI=1S/C10H20N2/c1-5-9-12(4)10(3)7-8-11-6-2/h1,10-11H,6-9H2,2-4H3. The van der Waals surface area contributed by atoms with Crippen molar-refractivity contribution >= 4 is 0 Å². The van der Waals surface area contributed by atoms with Crippen LogP contribution in [0.3, 0.4) is 0 Å². The lowest BCUT2D eigenvalue weighted by molar-refractivity contribution is 0.273. The Morgan fingerprint density at radius 2 is 2.25 bits per heavy atom. The average molecular weight is 168 g/mol. The molecule has 1 unspecified atom stereocenters. The van der Waals surface area contributed by atoms with Crippen molar-refractivity contribution in [1.29, 1.82) is 0 Å². The summed E-state index contributed by atoms with van der Waals surface area (Å²) in [6.07, 6.45) is 6.37. The lowest BCUT2D eigenvalue weighted by Crippen LogP contribution is -2.32. The Bertz CT molecular complexity index is 137. The summed E-state index contributed by atoms with van der Waals surface area (Å²) >= 11 is 0. The average Bonchev–Trinajstić information content (AvgIpc) is 2.05. The Kier molecular flexibility index (Phi) is 6.84. The number of terminal acetylenes is 1. The van der Waals surface area contributed by atoms with Crippen molar-refractivity contribution in [3.8, 4) is 12.3 Å². The first kappa shape index (κ1) is 11.5. The van der Waals surface area contributed by atoms with Gasteiger partial charge >= 0.3 is 0 Å². The van der Waals surface area contributed by atoms with E-state index in [0.717, 1.165) is 26.1 Å². The predicted molar refractivity (Wildman–Crippen MR) is 54.1 cm³/mol. The molecule has 12 heavy (non-hydrogen) atoms. The Balaban J connectivity index is 3.43. The topological polar surface area (TPSA) is 15.3 Å². The fourth-order valence-corrected chi connectivity index (χ4v) is 1.01. The summed E-state index contributed by atoms with van der Waals surface area (Å²) in [5, 5.41) is 3.30. The number of hydrogen-bond donors (Lipinski definition) is 1. The Morgan fingerprint density at radius 3 is 2.75 bits per heavy atom. The van der Waals surface area contributed by atoms with Crippen molar-refractivity contribution in [2.75, 3.05) is 26.7 Å². The van der Waals surface area contributed by atoms with Crippen molar-refractivity contribution < 1.29 is 0 Å². The smallest absolute Gasteiger partial charge is 0.0598 e. The van der Waals surface area contributed by atoms with Gasteiger partial charge in [-0.3, -0.25) is 4.90 Å². The van der Waals surface area contributed by atoms with E-state index in [4.69, 9.17) is 6.42 Å².